The third-order valence-electron chi connectivity index (χ3n) is 2.47. The van der Waals surface area contributed by atoms with Crippen LogP contribution in [0.2, 0.25) is 0 Å². The molecule has 0 spiro atoms. The molecular formula is C14H14N4O. The number of rotatable bonds is 3. The number of hydrogen-bond donors (Lipinski definition) is 3. The van der Waals surface area contributed by atoms with Crippen molar-refractivity contribution in [3.63, 3.8) is 0 Å². The molecule has 0 aliphatic heterocycles. The summed E-state index contributed by atoms with van der Waals surface area (Å²) in [5.74, 6) is -0.163. The lowest BCUT2D eigenvalue weighted by Gasteiger charge is -2.05. The summed E-state index contributed by atoms with van der Waals surface area (Å²) < 4.78 is 0. The third-order valence-corrected chi connectivity index (χ3v) is 2.47. The molecule has 4 N–H and O–H groups in total. The van der Waals surface area contributed by atoms with Crippen LogP contribution in [0, 0.1) is 0 Å². The fourth-order valence-electron chi connectivity index (χ4n) is 1.60. The maximum absolute atomic E-state index is 8.61. The summed E-state index contributed by atoms with van der Waals surface area (Å²) in [6, 6.07) is 19.3. The Morgan fingerprint density at radius 1 is 0.842 bits per heavy atom. The second kappa shape index (κ2) is 6.32. The van der Waals surface area contributed by atoms with E-state index < -0.39 is 0 Å². The SMILES string of the molecule is N/C(=N\N=C(c1ccccc1)c1ccccc1)NO. The van der Waals surface area contributed by atoms with Crippen LogP contribution in [0.25, 0.3) is 0 Å². The summed E-state index contributed by atoms with van der Waals surface area (Å²) in [5.41, 5.74) is 9.62. The van der Waals surface area contributed by atoms with Crippen molar-refractivity contribution in [2.24, 2.45) is 15.9 Å². The first-order valence-corrected chi connectivity index (χ1v) is 5.73. The van der Waals surface area contributed by atoms with Crippen LogP contribution in [0.5, 0.6) is 0 Å². The van der Waals surface area contributed by atoms with E-state index in [1.165, 1.54) is 0 Å². The van der Waals surface area contributed by atoms with Crippen LogP contribution in [0.4, 0.5) is 0 Å². The van der Waals surface area contributed by atoms with Gasteiger partial charge in [-0.15, -0.1) is 10.2 Å². The van der Waals surface area contributed by atoms with Gasteiger partial charge < -0.3 is 5.73 Å². The van der Waals surface area contributed by atoms with Crippen LogP contribution in [0.15, 0.2) is 70.9 Å². The van der Waals surface area contributed by atoms with Crippen LogP contribution in [-0.4, -0.2) is 16.9 Å². The Kier molecular flexibility index (Phi) is 4.25. The highest BCUT2D eigenvalue weighted by Crippen LogP contribution is 2.10. The van der Waals surface area contributed by atoms with Gasteiger partial charge in [0.15, 0.2) is 0 Å². The van der Waals surface area contributed by atoms with Crippen LogP contribution < -0.4 is 11.2 Å². The molecular weight excluding hydrogens is 240 g/mol. The van der Waals surface area contributed by atoms with Gasteiger partial charge in [-0.1, -0.05) is 60.7 Å². The second-order valence-corrected chi connectivity index (χ2v) is 3.78. The summed E-state index contributed by atoms with van der Waals surface area (Å²) >= 11 is 0. The summed E-state index contributed by atoms with van der Waals surface area (Å²) in [5, 5.41) is 16.4. The largest absolute Gasteiger partial charge is 0.367 e. The molecule has 0 saturated carbocycles. The van der Waals surface area contributed by atoms with Gasteiger partial charge in [0.2, 0.25) is 5.96 Å². The van der Waals surface area contributed by atoms with E-state index in [1.54, 1.807) is 5.48 Å². The molecule has 0 aliphatic carbocycles. The number of nitrogens with two attached hydrogens (primary N) is 1. The molecule has 2 aromatic carbocycles. The Bertz CT molecular complexity index is 537. The Morgan fingerprint density at radius 3 is 1.74 bits per heavy atom. The standard InChI is InChI=1S/C14H14N4O/c15-14(18-19)17-16-13(11-7-3-1-4-8-11)12-9-5-2-6-10-12/h1-10,19H,(H3,15,17,18). The quantitative estimate of drug-likeness (QED) is 0.443. The van der Waals surface area contributed by atoms with Crippen molar-refractivity contribution >= 4 is 11.7 Å². The third kappa shape index (κ3) is 3.40. The molecule has 0 unspecified atom stereocenters. The zero-order valence-electron chi connectivity index (χ0n) is 10.2. The van der Waals surface area contributed by atoms with Gasteiger partial charge in [-0.3, -0.25) is 5.21 Å². The molecule has 19 heavy (non-hydrogen) atoms. The molecule has 96 valence electrons. The smallest absolute Gasteiger partial charge is 0.237 e. The molecule has 0 amide bonds. The second-order valence-electron chi connectivity index (χ2n) is 3.78. The lowest BCUT2D eigenvalue weighted by atomic mass is 10.0. The first-order chi connectivity index (χ1) is 9.31. The van der Waals surface area contributed by atoms with Gasteiger partial charge in [0.1, 0.15) is 5.71 Å². The molecule has 0 heterocycles. The van der Waals surface area contributed by atoms with Gasteiger partial charge in [0.25, 0.3) is 0 Å². The van der Waals surface area contributed by atoms with Crippen LogP contribution >= 0.6 is 0 Å². The minimum absolute atomic E-state index is 0.163. The highest BCUT2D eigenvalue weighted by Gasteiger charge is 2.05. The van der Waals surface area contributed by atoms with Crippen molar-refractivity contribution in [2.45, 2.75) is 0 Å². The van der Waals surface area contributed by atoms with Gasteiger partial charge in [-0.2, -0.15) is 0 Å². The molecule has 0 aromatic heterocycles. The first kappa shape index (κ1) is 12.8. The van der Waals surface area contributed by atoms with Gasteiger partial charge in [-0.05, 0) is 0 Å². The summed E-state index contributed by atoms with van der Waals surface area (Å²) in [6.07, 6.45) is 0. The summed E-state index contributed by atoms with van der Waals surface area (Å²) in [7, 11) is 0. The van der Waals surface area contributed by atoms with E-state index in [0.29, 0.717) is 5.71 Å². The lowest BCUT2D eigenvalue weighted by Crippen LogP contribution is -2.27. The number of nitrogens with one attached hydrogen (secondary N) is 1. The minimum atomic E-state index is -0.163. The predicted octanol–water partition coefficient (Wildman–Crippen LogP) is 1.73. The molecule has 0 saturated heterocycles. The fraction of sp³-hybridized carbons (Fsp3) is 0. The molecule has 5 nitrogen and oxygen atoms in total. The fourth-order valence-corrected chi connectivity index (χ4v) is 1.60. The van der Waals surface area contributed by atoms with Gasteiger partial charge >= 0.3 is 0 Å². The Balaban J connectivity index is 2.46. The number of nitrogens with zero attached hydrogens (tertiary/aromatic N) is 2. The average molecular weight is 254 g/mol. The maximum atomic E-state index is 8.61. The van der Waals surface area contributed by atoms with Crippen LogP contribution in [0.3, 0.4) is 0 Å². The highest BCUT2D eigenvalue weighted by atomic mass is 16.5. The van der Waals surface area contributed by atoms with Crippen molar-refractivity contribution in [1.82, 2.24) is 5.48 Å². The van der Waals surface area contributed by atoms with E-state index in [9.17, 15) is 0 Å². The van der Waals surface area contributed by atoms with Crippen LogP contribution in [-0.2, 0) is 0 Å². The lowest BCUT2D eigenvalue weighted by molar-refractivity contribution is 0.232. The Morgan fingerprint density at radius 2 is 1.32 bits per heavy atom. The zero-order chi connectivity index (χ0) is 13.5. The maximum Gasteiger partial charge on any atom is 0.237 e. The summed E-state index contributed by atoms with van der Waals surface area (Å²) in [6.45, 7) is 0. The number of benzene rings is 2. The van der Waals surface area contributed by atoms with Gasteiger partial charge in [0.05, 0.1) is 0 Å². The number of hydrogen-bond acceptors (Lipinski definition) is 3. The molecule has 0 bridgehead atoms. The van der Waals surface area contributed by atoms with Crippen molar-refractivity contribution in [3.05, 3.63) is 71.8 Å². The molecule has 0 aliphatic rings. The monoisotopic (exact) mass is 254 g/mol. The average Bonchev–Trinajstić information content (AvgIpc) is 2.49. The normalized spacial score (nSPS) is 10.9. The topological polar surface area (TPSA) is 83.0 Å². The van der Waals surface area contributed by atoms with Crippen LogP contribution in [0.1, 0.15) is 11.1 Å². The van der Waals surface area contributed by atoms with Crippen molar-refractivity contribution in [2.75, 3.05) is 0 Å². The first-order valence-electron chi connectivity index (χ1n) is 5.73. The molecule has 0 radical (unpaired) electrons. The van der Waals surface area contributed by atoms with Crippen molar-refractivity contribution in [1.29, 1.82) is 0 Å². The Labute approximate surface area is 111 Å². The van der Waals surface area contributed by atoms with E-state index in [0.717, 1.165) is 11.1 Å². The molecule has 2 rings (SSSR count). The van der Waals surface area contributed by atoms with E-state index in [2.05, 4.69) is 10.2 Å². The van der Waals surface area contributed by atoms with E-state index >= 15 is 0 Å². The minimum Gasteiger partial charge on any atom is -0.367 e. The molecule has 0 atom stereocenters. The number of hydroxylamine groups is 1. The molecule has 0 fully saturated rings. The van der Waals surface area contributed by atoms with Gasteiger partial charge in [0, 0.05) is 11.1 Å². The Hall–Kier alpha value is -2.66. The van der Waals surface area contributed by atoms with E-state index in [1.807, 2.05) is 60.7 Å². The van der Waals surface area contributed by atoms with Crippen molar-refractivity contribution < 1.29 is 5.21 Å². The molecule has 5 heteroatoms. The van der Waals surface area contributed by atoms with Crippen molar-refractivity contribution in [3.8, 4) is 0 Å². The predicted molar refractivity (Wildman–Crippen MR) is 75.1 cm³/mol. The van der Waals surface area contributed by atoms with E-state index in [-0.39, 0.29) is 5.96 Å². The zero-order valence-corrected chi connectivity index (χ0v) is 10.2. The number of guanidine groups is 1. The summed E-state index contributed by atoms with van der Waals surface area (Å²) in [4.78, 5) is 0. The molecule has 2 aromatic rings. The van der Waals surface area contributed by atoms with E-state index in [4.69, 9.17) is 10.9 Å². The van der Waals surface area contributed by atoms with Gasteiger partial charge in [-0.25, -0.2) is 5.48 Å². The highest BCUT2D eigenvalue weighted by molar-refractivity contribution is 6.12.